The highest BCUT2D eigenvalue weighted by Gasteiger charge is 2.08. The molecule has 0 heterocycles. The van der Waals surface area contributed by atoms with E-state index in [4.69, 9.17) is 5.11 Å². The van der Waals surface area contributed by atoms with Gasteiger partial charge in [0.25, 0.3) is 0 Å². The van der Waals surface area contributed by atoms with Crippen molar-refractivity contribution < 1.29 is 9.90 Å². The molecule has 0 rings (SSSR count). The molecule has 2 atom stereocenters. The number of nitrogens with one attached hydrogen (secondary N) is 1. The Balaban J connectivity index is 3.51. The van der Waals surface area contributed by atoms with Crippen molar-refractivity contribution in [2.45, 2.75) is 45.7 Å². The van der Waals surface area contributed by atoms with Gasteiger partial charge in [0.05, 0.1) is 6.42 Å². The smallest absolute Gasteiger partial charge is 0.304 e. The lowest BCUT2D eigenvalue weighted by Gasteiger charge is -2.16. The Hall–Kier alpha value is -0.570. The molecule has 0 amide bonds. The van der Waals surface area contributed by atoms with Crippen LogP contribution in [0.3, 0.4) is 0 Å². The molecule has 2 unspecified atom stereocenters. The molecule has 0 spiro atoms. The van der Waals surface area contributed by atoms with Crippen molar-refractivity contribution in [1.82, 2.24) is 5.32 Å². The standard InChI is InChI=1S/C8H17NO2/c1-4-6(2)9-7(3)5-8(10)11/h6-7,9H,4-5H2,1-3H3,(H,10,11). The van der Waals surface area contributed by atoms with E-state index >= 15 is 0 Å². The van der Waals surface area contributed by atoms with Crippen molar-refractivity contribution in [3.8, 4) is 0 Å². The highest BCUT2D eigenvalue weighted by molar-refractivity contribution is 5.67. The lowest BCUT2D eigenvalue weighted by atomic mass is 10.2. The summed E-state index contributed by atoms with van der Waals surface area (Å²) in [6, 6.07) is 0.479. The summed E-state index contributed by atoms with van der Waals surface area (Å²) < 4.78 is 0. The molecular formula is C8H17NO2. The molecule has 0 radical (unpaired) electrons. The first-order chi connectivity index (χ1) is 5.06. The van der Waals surface area contributed by atoms with Crippen LogP contribution < -0.4 is 5.32 Å². The second-order valence-electron chi connectivity index (χ2n) is 2.97. The third-order valence-electron chi connectivity index (χ3n) is 1.66. The number of carboxylic acid groups (broad SMARTS) is 1. The molecular weight excluding hydrogens is 142 g/mol. The van der Waals surface area contributed by atoms with Crippen LogP contribution in [0.4, 0.5) is 0 Å². The molecule has 0 saturated heterocycles. The normalized spacial score (nSPS) is 15.9. The van der Waals surface area contributed by atoms with Crippen LogP contribution in [0.1, 0.15) is 33.6 Å². The van der Waals surface area contributed by atoms with Crippen molar-refractivity contribution in [2.24, 2.45) is 0 Å². The van der Waals surface area contributed by atoms with Crippen LogP contribution >= 0.6 is 0 Å². The molecule has 0 aliphatic carbocycles. The largest absolute Gasteiger partial charge is 0.481 e. The van der Waals surface area contributed by atoms with Crippen LogP contribution in [-0.4, -0.2) is 23.2 Å². The van der Waals surface area contributed by atoms with Gasteiger partial charge in [-0.3, -0.25) is 4.79 Å². The maximum absolute atomic E-state index is 10.2. The SMILES string of the molecule is CCC(C)NC(C)CC(=O)O. The van der Waals surface area contributed by atoms with E-state index in [1.807, 2.05) is 6.92 Å². The van der Waals surface area contributed by atoms with Gasteiger partial charge in [-0.25, -0.2) is 0 Å². The minimum Gasteiger partial charge on any atom is -0.481 e. The Morgan fingerprint density at radius 3 is 2.36 bits per heavy atom. The van der Waals surface area contributed by atoms with Gasteiger partial charge in [0.2, 0.25) is 0 Å². The summed E-state index contributed by atoms with van der Waals surface area (Å²) >= 11 is 0. The van der Waals surface area contributed by atoms with Gasteiger partial charge >= 0.3 is 5.97 Å². The fourth-order valence-electron chi connectivity index (χ4n) is 0.924. The monoisotopic (exact) mass is 159 g/mol. The zero-order valence-electron chi connectivity index (χ0n) is 7.42. The van der Waals surface area contributed by atoms with Crippen LogP contribution in [0.15, 0.2) is 0 Å². The number of carboxylic acids is 1. The molecule has 0 saturated carbocycles. The first kappa shape index (κ1) is 10.4. The van der Waals surface area contributed by atoms with Gasteiger partial charge in [0.15, 0.2) is 0 Å². The first-order valence-corrected chi connectivity index (χ1v) is 4.04. The third kappa shape index (κ3) is 5.85. The predicted octanol–water partition coefficient (Wildman–Crippen LogP) is 1.24. The third-order valence-corrected chi connectivity index (χ3v) is 1.66. The molecule has 3 heteroatoms. The van der Waals surface area contributed by atoms with Gasteiger partial charge in [-0.05, 0) is 20.3 Å². The van der Waals surface area contributed by atoms with E-state index in [-0.39, 0.29) is 12.5 Å². The van der Waals surface area contributed by atoms with Crippen LogP contribution in [-0.2, 0) is 4.79 Å². The molecule has 0 bridgehead atoms. The summed E-state index contributed by atoms with van der Waals surface area (Å²) in [5.41, 5.74) is 0. The Morgan fingerprint density at radius 2 is 2.00 bits per heavy atom. The number of hydrogen-bond acceptors (Lipinski definition) is 2. The fourth-order valence-corrected chi connectivity index (χ4v) is 0.924. The highest BCUT2D eigenvalue weighted by Crippen LogP contribution is 1.95. The zero-order chi connectivity index (χ0) is 8.85. The van der Waals surface area contributed by atoms with Crippen molar-refractivity contribution in [3.05, 3.63) is 0 Å². The molecule has 0 aromatic heterocycles. The van der Waals surface area contributed by atoms with E-state index in [1.54, 1.807) is 0 Å². The summed E-state index contributed by atoms with van der Waals surface area (Å²) in [7, 11) is 0. The molecule has 0 aromatic rings. The maximum Gasteiger partial charge on any atom is 0.304 e. The Labute approximate surface area is 67.8 Å². The summed E-state index contributed by atoms with van der Waals surface area (Å²) in [5, 5.41) is 11.6. The quantitative estimate of drug-likeness (QED) is 0.634. The lowest BCUT2D eigenvalue weighted by Crippen LogP contribution is -2.35. The van der Waals surface area contributed by atoms with Crippen molar-refractivity contribution in [2.75, 3.05) is 0 Å². The van der Waals surface area contributed by atoms with E-state index < -0.39 is 5.97 Å². The molecule has 0 fully saturated rings. The van der Waals surface area contributed by atoms with Gasteiger partial charge in [-0.15, -0.1) is 0 Å². The summed E-state index contributed by atoms with van der Waals surface area (Å²) in [6.45, 7) is 6.02. The minimum absolute atomic E-state index is 0.0717. The van der Waals surface area contributed by atoms with Gasteiger partial charge in [-0.2, -0.15) is 0 Å². The van der Waals surface area contributed by atoms with Crippen LogP contribution in [0.25, 0.3) is 0 Å². The van der Waals surface area contributed by atoms with Crippen molar-refractivity contribution in [1.29, 1.82) is 0 Å². The van der Waals surface area contributed by atoms with E-state index in [0.29, 0.717) is 6.04 Å². The first-order valence-electron chi connectivity index (χ1n) is 4.04. The Kier molecular flexibility index (Phi) is 4.86. The molecule has 11 heavy (non-hydrogen) atoms. The Morgan fingerprint density at radius 1 is 1.45 bits per heavy atom. The average molecular weight is 159 g/mol. The number of hydrogen-bond donors (Lipinski definition) is 2. The minimum atomic E-state index is -0.742. The van der Waals surface area contributed by atoms with Gasteiger partial charge in [0, 0.05) is 12.1 Å². The van der Waals surface area contributed by atoms with Crippen molar-refractivity contribution in [3.63, 3.8) is 0 Å². The van der Waals surface area contributed by atoms with Crippen LogP contribution in [0.2, 0.25) is 0 Å². The van der Waals surface area contributed by atoms with Gasteiger partial charge < -0.3 is 10.4 Å². The molecule has 0 aliphatic rings. The number of carbonyl (C=O) groups is 1. The second-order valence-corrected chi connectivity index (χ2v) is 2.97. The summed E-state index contributed by atoms with van der Waals surface area (Å²) in [6.07, 6.45) is 1.23. The zero-order valence-corrected chi connectivity index (χ0v) is 7.42. The van der Waals surface area contributed by atoms with E-state index in [0.717, 1.165) is 6.42 Å². The number of rotatable bonds is 5. The molecule has 2 N–H and O–H groups in total. The van der Waals surface area contributed by atoms with Crippen LogP contribution in [0.5, 0.6) is 0 Å². The van der Waals surface area contributed by atoms with Gasteiger partial charge in [-0.1, -0.05) is 6.92 Å². The predicted molar refractivity (Wildman–Crippen MR) is 44.6 cm³/mol. The second kappa shape index (κ2) is 5.13. The Bertz CT molecular complexity index is 125. The van der Waals surface area contributed by atoms with Crippen molar-refractivity contribution >= 4 is 5.97 Å². The summed E-state index contributed by atoms with van der Waals surface area (Å²) in [5.74, 6) is -0.742. The molecule has 0 aliphatic heterocycles. The van der Waals surface area contributed by atoms with Crippen LogP contribution in [0, 0.1) is 0 Å². The topological polar surface area (TPSA) is 49.3 Å². The number of aliphatic carboxylic acids is 1. The molecule has 66 valence electrons. The van der Waals surface area contributed by atoms with Gasteiger partial charge in [0.1, 0.15) is 0 Å². The molecule has 3 nitrogen and oxygen atoms in total. The lowest BCUT2D eigenvalue weighted by molar-refractivity contribution is -0.137. The maximum atomic E-state index is 10.2. The van der Waals surface area contributed by atoms with E-state index in [1.165, 1.54) is 0 Å². The molecule has 0 aromatic carbocycles. The average Bonchev–Trinajstić information content (AvgIpc) is 1.85. The van der Waals surface area contributed by atoms with E-state index in [9.17, 15) is 4.79 Å². The van der Waals surface area contributed by atoms with E-state index in [2.05, 4.69) is 19.2 Å². The highest BCUT2D eigenvalue weighted by atomic mass is 16.4. The summed E-state index contributed by atoms with van der Waals surface area (Å²) in [4.78, 5) is 10.2. The fraction of sp³-hybridized carbons (Fsp3) is 0.875.